The number of fused-ring (bicyclic) bond motifs is 1. The molecule has 1 fully saturated rings. The normalized spacial score (nSPS) is 25.5. The minimum atomic E-state index is -0.678. The van der Waals surface area contributed by atoms with Gasteiger partial charge in [-0.15, -0.1) is 0 Å². The molecule has 0 saturated carbocycles. The Bertz CT molecular complexity index is 538. The number of benzene rings is 1. The predicted octanol–water partition coefficient (Wildman–Crippen LogP) is 0.571. The van der Waals surface area contributed by atoms with Gasteiger partial charge in [-0.3, -0.25) is 19.9 Å². The molecule has 2 heterocycles. The van der Waals surface area contributed by atoms with E-state index in [2.05, 4.69) is 15.7 Å². The molecular formula is C12H12N4O2. The van der Waals surface area contributed by atoms with Crippen molar-refractivity contribution in [2.45, 2.75) is 25.6 Å². The number of nitrogens with zero attached hydrogens (tertiary/aromatic N) is 3. The van der Waals surface area contributed by atoms with Crippen molar-refractivity contribution in [2.24, 2.45) is 10.3 Å². The lowest BCUT2D eigenvalue weighted by molar-refractivity contribution is -0.126. The van der Waals surface area contributed by atoms with Gasteiger partial charge < -0.3 is 0 Å². The van der Waals surface area contributed by atoms with E-state index in [9.17, 15) is 9.59 Å². The maximum atomic E-state index is 11.6. The zero-order valence-electron chi connectivity index (χ0n) is 9.83. The van der Waals surface area contributed by atoms with E-state index in [-0.39, 0.29) is 11.8 Å². The Balaban J connectivity index is 1.78. The van der Waals surface area contributed by atoms with Gasteiger partial charge in [0, 0.05) is 0 Å². The lowest BCUT2D eigenvalue weighted by Crippen LogP contribution is -2.38. The highest BCUT2D eigenvalue weighted by Crippen LogP contribution is 2.24. The predicted molar refractivity (Wildman–Crippen MR) is 62.3 cm³/mol. The Hall–Kier alpha value is -2.24. The van der Waals surface area contributed by atoms with Gasteiger partial charge in [-0.2, -0.15) is 5.11 Å². The summed E-state index contributed by atoms with van der Waals surface area (Å²) < 4.78 is 0. The first-order chi connectivity index (χ1) is 8.65. The van der Waals surface area contributed by atoms with Crippen molar-refractivity contribution in [3.8, 4) is 0 Å². The summed E-state index contributed by atoms with van der Waals surface area (Å²) in [5.74, 6) is -0.678. The molecule has 1 saturated heterocycles. The molecule has 2 aliphatic rings. The van der Waals surface area contributed by atoms with Crippen LogP contribution in [-0.4, -0.2) is 28.9 Å². The number of carbonyl (C=O) groups is 2. The molecule has 0 radical (unpaired) electrons. The first-order valence-electron chi connectivity index (χ1n) is 5.73. The third-order valence-corrected chi connectivity index (χ3v) is 3.16. The first-order valence-corrected chi connectivity index (χ1v) is 5.73. The van der Waals surface area contributed by atoms with Gasteiger partial charge in [0.1, 0.15) is 0 Å². The fourth-order valence-corrected chi connectivity index (χ4v) is 2.16. The lowest BCUT2D eigenvalue weighted by Gasteiger charge is -2.18. The number of aryl methyl sites for hydroxylation is 1. The van der Waals surface area contributed by atoms with Crippen LogP contribution in [0.3, 0.4) is 0 Å². The maximum absolute atomic E-state index is 11.6. The van der Waals surface area contributed by atoms with Crippen molar-refractivity contribution in [1.29, 1.82) is 0 Å². The molecular weight excluding hydrogens is 232 g/mol. The van der Waals surface area contributed by atoms with Crippen molar-refractivity contribution < 1.29 is 9.59 Å². The highest BCUT2D eigenvalue weighted by atomic mass is 16.2. The smallest absolute Gasteiger partial charge is 0.256 e. The van der Waals surface area contributed by atoms with Gasteiger partial charge in [0.15, 0.2) is 12.1 Å². The van der Waals surface area contributed by atoms with Crippen LogP contribution in [-0.2, 0) is 16.1 Å². The van der Waals surface area contributed by atoms with Crippen LogP contribution in [0.5, 0.6) is 0 Å². The number of rotatable bonds is 2. The zero-order valence-corrected chi connectivity index (χ0v) is 9.83. The standard InChI is InChI=1S/C12H12N4O2/c1-7-2-4-8(5-3-7)6-16-10-9(14-15-16)11(17)13-12(10)18/h2-5,9-10H,6H2,1H3,(H,13,17,18)/t9-,10+/m1/s1. The second-order valence-corrected chi connectivity index (χ2v) is 4.53. The summed E-state index contributed by atoms with van der Waals surface area (Å²) in [4.78, 5) is 23.0. The zero-order chi connectivity index (χ0) is 12.7. The molecule has 6 heteroatoms. The molecule has 1 aromatic rings. The van der Waals surface area contributed by atoms with Crippen LogP contribution < -0.4 is 5.32 Å². The number of imide groups is 1. The van der Waals surface area contributed by atoms with Crippen LogP contribution in [0.2, 0.25) is 0 Å². The third kappa shape index (κ3) is 1.66. The summed E-state index contributed by atoms with van der Waals surface area (Å²) in [6.45, 7) is 2.49. The van der Waals surface area contributed by atoms with Crippen molar-refractivity contribution in [1.82, 2.24) is 10.3 Å². The average Bonchev–Trinajstić information content (AvgIpc) is 2.86. The Kier molecular flexibility index (Phi) is 2.36. The number of hydrogen-bond acceptors (Lipinski definition) is 5. The van der Waals surface area contributed by atoms with Gasteiger partial charge in [-0.25, -0.2) is 0 Å². The largest absolute Gasteiger partial charge is 0.292 e. The van der Waals surface area contributed by atoms with Crippen LogP contribution in [0.1, 0.15) is 11.1 Å². The molecule has 92 valence electrons. The topological polar surface area (TPSA) is 74.1 Å². The molecule has 6 nitrogen and oxygen atoms in total. The van der Waals surface area contributed by atoms with Crippen molar-refractivity contribution in [2.75, 3.05) is 0 Å². The number of hydrogen-bond donors (Lipinski definition) is 1. The molecule has 0 spiro atoms. The fourth-order valence-electron chi connectivity index (χ4n) is 2.16. The van der Waals surface area contributed by atoms with Gasteiger partial charge in [0.25, 0.3) is 11.8 Å². The Morgan fingerprint density at radius 1 is 1.22 bits per heavy atom. The van der Waals surface area contributed by atoms with E-state index < -0.39 is 12.1 Å². The summed E-state index contributed by atoms with van der Waals surface area (Å²) >= 11 is 0. The van der Waals surface area contributed by atoms with Gasteiger partial charge in [-0.1, -0.05) is 35.1 Å². The van der Waals surface area contributed by atoms with Crippen LogP contribution >= 0.6 is 0 Å². The molecule has 0 unspecified atom stereocenters. The minimum absolute atomic E-state index is 0.317. The molecule has 0 aromatic heterocycles. The summed E-state index contributed by atoms with van der Waals surface area (Å²) in [7, 11) is 0. The van der Waals surface area contributed by atoms with E-state index in [1.165, 1.54) is 5.56 Å². The van der Waals surface area contributed by atoms with Crippen molar-refractivity contribution in [3.05, 3.63) is 35.4 Å². The van der Waals surface area contributed by atoms with Gasteiger partial charge in [0.05, 0.1) is 6.54 Å². The second-order valence-electron chi connectivity index (χ2n) is 4.53. The summed E-state index contributed by atoms with van der Waals surface area (Å²) in [5, 5.41) is 11.6. The van der Waals surface area contributed by atoms with Crippen LogP contribution in [0.15, 0.2) is 34.6 Å². The summed E-state index contributed by atoms with van der Waals surface area (Å²) in [5.41, 5.74) is 2.21. The van der Waals surface area contributed by atoms with Crippen molar-refractivity contribution >= 4 is 11.8 Å². The highest BCUT2D eigenvalue weighted by Gasteiger charge is 2.49. The monoisotopic (exact) mass is 244 g/mol. The minimum Gasteiger partial charge on any atom is -0.292 e. The fraction of sp³-hybridized carbons (Fsp3) is 0.333. The van der Waals surface area contributed by atoms with Crippen LogP contribution in [0.25, 0.3) is 0 Å². The summed E-state index contributed by atoms with van der Waals surface area (Å²) in [6.07, 6.45) is 0. The lowest BCUT2D eigenvalue weighted by atomic mass is 10.1. The van der Waals surface area contributed by atoms with Gasteiger partial charge in [0.2, 0.25) is 0 Å². The second kappa shape index (κ2) is 3.90. The van der Waals surface area contributed by atoms with E-state index in [1.807, 2.05) is 31.2 Å². The molecule has 1 N–H and O–H groups in total. The molecule has 3 rings (SSSR count). The summed E-state index contributed by atoms with van der Waals surface area (Å²) in [6, 6.07) is 6.70. The molecule has 2 aliphatic heterocycles. The quantitative estimate of drug-likeness (QED) is 0.773. The van der Waals surface area contributed by atoms with Gasteiger partial charge >= 0.3 is 0 Å². The first kappa shape index (κ1) is 10.9. The molecule has 1 aromatic carbocycles. The molecule has 0 bridgehead atoms. The van der Waals surface area contributed by atoms with Crippen LogP contribution in [0.4, 0.5) is 0 Å². The Labute approximate surface area is 104 Å². The molecule has 0 aliphatic carbocycles. The molecule has 2 atom stereocenters. The SMILES string of the molecule is Cc1ccc(CN2N=N[C@H]3C(=O)NC(=O)[C@H]32)cc1. The number of amides is 2. The van der Waals surface area contributed by atoms with E-state index in [4.69, 9.17) is 0 Å². The Morgan fingerprint density at radius 2 is 1.94 bits per heavy atom. The molecule has 2 amide bonds. The highest BCUT2D eigenvalue weighted by molar-refractivity contribution is 6.09. The molecule has 18 heavy (non-hydrogen) atoms. The van der Waals surface area contributed by atoms with Crippen LogP contribution in [0, 0.1) is 6.92 Å². The number of nitrogens with one attached hydrogen (secondary N) is 1. The average molecular weight is 244 g/mol. The Morgan fingerprint density at radius 3 is 2.67 bits per heavy atom. The van der Waals surface area contributed by atoms with Crippen molar-refractivity contribution in [3.63, 3.8) is 0 Å². The van der Waals surface area contributed by atoms with E-state index in [1.54, 1.807) is 5.01 Å². The van der Waals surface area contributed by atoms with E-state index >= 15 is 0 Å². The maximum Gasteiger partial charge on any atom is 0.256 e. The third-order valence-electron chi connectivity index (χ3n) is 3.16. The van der Waals surface area contributed by atoms with Gasteiger partial charge in [-0.05, 0) is 12.5 Å². The number of carbonyl (C=O) groups excluding carboxylic acids is 2. The van der Waals surface area contributed by atoms with E-state index in [0.717, 1.165) is 5.56 Å². The van der Waals surface area contributed by atoms with E-state index in [0.29, 0.717) is 6.54 Å².